The Morgan fingerprint density at radius 1 is 1.17 bits per heavy atom. The molecule has 0 amide bonds. The van der Waals surface area contributed by atoms with Crippen LogP contribution in [0.1, 0.15) is 26.2 Å². The summed E-state index contributed by atoms with van der Waals surface area (Å²) in [6, 6.07) is 0. The van der Waals surface area contributed by atoms with Gasteiger partial charge in [0.25, 0.3) is 0 Å². The second kappa shape index (κ2) is 7.10. The van der Waals surface area contributed by atoms with Crippen molar-refractivity contribution in [2.45, 2.75) is 26.2 Å². The van der Waals surface area contributed by atoms with Gasteiger partial charge in [-0.25, -0.2) is 0 Å². The van der Waals surface area contributed by atoms with E-state index in [4.69, 9.17) is 0 Å². The van der Waals surface area contributed by atoms with Crippen molar-refractivity contribution in [2.75, 3.05) is 29.8 Å². The second-order valence-electron chi connectivity index (χ2n) is 3.18. The van der Waals surface area contributed by atoms with Gasteiger partial charge in [0, 0.05) is 11.8 Å². The Bertz CT molecular complexity index is 97.9. The molecule has 0 saturated carbocycles. The van der Waals surface area contributed by atoms with Crippen LogP contribution in [-0.4, -0.2) is 34.7 Å². The zero-order chi connectivity index (χ0) is 8.65. The molecule has 0 bridgehead atoms. The molecule has 1 heterocycles. The summed E-state index contributed by atoms with van der Waals surface area (Å²) in [5, 5.41) is 0. The summed E-state index contributed by atoms with van der Waals surface area (Å²) < 4.78 is 0. The van der Waals surface area contributed by atoms with Crippen LogP contribution in [0, 0.1) is 0 Å². The SMILES string of the molecule is CCCCN1CSCCCSC1. The Morgan fingerprint density at radius 3 is 2.42 bits per heavy atom. The molecule has 3 heteroatoms. The summed E-state index contributed by atoms with van der Waals surface area (Å²) in [4.78, 5) is 2.58. The molecule has 0 radical (unpaired) electrons. The van der Waals surface area contributed by atoms with E-state index in [1.807, 2.05) is 0 Å². The van der Waals surface area contributed by atoms with Gasteiger partial charge in [0.2, 0.25) is 0 Å². The van der Waals surface area contributed by atoms with E-state index < -0.39 is 0 Å². The highest BCUT2D eigenvalue weighted by atomic mass is 32.2. The first-order valence-corrected chi connectivity index (χ1v) is 7.12. The van der Waals surface area contributed by atoms with Crippen LogP contribution in [0.4, 0.5) is 0 Å². The molecular weight excluding hydrogens is 186 g/mol. The van der Waals surface area contributed by atoms with E-state index in [1.165, 1.54) is 49.1 Å². The van der Waals surface area contributed by atoms with E-state index in [9.17, 15) is 0 Å². The average molecular weight is 205 g/mol. The Morgan fingerprint density at radius 2 is 1.83 bits per heavy atom. The van der Waals surface area contributed by atoms with Gasteiger partial charge in [0.15, 0.2) is 0 Å². The van der Waals surface area contributed by atoms with Gasteiger partial charge in [-0.15, -0.1) is 23.5 Å². The number of unbranched alkanes of at least 4 members (excludes halogenated alkanes) is 1. The Kier molecular flexibility index (Phi) is 6.35. The van der Waals surface area contributed by atoms with Gasteiger partial charge in [0.05, 0.1) is 0 Å². The van der Waals surface area contributed by atoms with Gasteiger partial charge >= 0.3 is 0 Å². The fraction of sp³-hybridized carbons (Fsp3) is 1.00. The van der Waals surface area contributed by atoms with Crippen molar-refractivity contribution < 1.29 is 0 Å². The fourth-order valence-electron chi connectivity index (χ4n) is 1.20. The summed E-state index contributed by atoms with van der Waals surface area (Å²) in [7, 11) is 0. The maximum atomic E-state index is 2.58. The van der Waals surface area contributed by atoms with E-state index in [0.717, 1.165) is 0 Å². The lowest BCUT2D eigenvalue weighted by Crippen LogP contribution is -2.25. The lowest BCUT2D eigenvalue weighted by Gasteiger charge is -2.23. The Balaban J connectivity index is 2.11. The molecule has 0 spiro atoms. The molecule has 1 fully saturated rings. The molecule has 0 atom stereocenters. The van der Waals surface area contributed by atoms with Crippen LogP contribution in [0.25, 0.3) is 0 Å². The first-order valence-electron chi connectivity index (χ1n) is 4.81. The Labute approximate surface area is 84.7 Å². The fourth-order valence-corrected chi connectivity index (χ4v) is 3.41. The van der Waals surface area contributed by atoms with Crippen LogP contribution in [0.2, 0.25) is 0 Å². The number of thioether (sulfide) groups is 2. The summed E-state index contributed by atoms with van der Waals surface area (Å²) in [5.41, 5.74) is 0. The van der Waals surface area contributed by atoms with Crippen LogP contribution < -0.4 is 0 Å². The molecule has 0 aromatic rings. The minimum Gasteiger partial charge on any atom is -0.285 e. The van der Waals surface area contributed by atoms with Gasteiger partial charge < -0.3 is 0 Å². The standard InChI is InChI=1S/C9H19NS2/c1-2-3-5-10-8-11-6-4-7-12-9-10/h2-9H2,1H3. The predicted octanol–water partition coefficient (Wildman–Crippen LogP) is 2.87. The van der Waals surface area contributed by atoms with Crippen LogP contribution in [-0.2, 0) is 0 Å². The quantitative estimate of drug-likeness (QED) is 0.697. The van der Waals surface area contributed by atoms with Gasteiger partial charge in [-0.05, 0) is 30.9 Å². The zero-order valence-corrected chi connectivity index (χ0v) is 9.55. The normalized spacial score (nSPS) is 21.8. The highest BCUT2D eigenvalue weighted by molar-refractivity contribution is 8.00. The van der Waals surface area contributed by atoms with E-state index >= 15 is 0 Å². The summed E-state index contributed by atoms with van der Waals surface area (Å²) >= 11 is 4.20. The minimum absolute atomic E-state index is 1.26. The zero-order valence-electron chi connectivity index (χ0n) is 7.92. The smallest absolute Gasteiger partial charge is 0.0452 e. The van der Waals surface area contributed by atoms with Crippen LogP contribution in [0.5, 0.6) is 0 Å². The summed E-state index contributed by atoms with van der Waals surface area (Å²) in [5.74, 6) is 5.23. The van der Waals surface area contributed by atoms with Crippen LogP contribution >= 0.6 is 23.5 Å². The third-order valence-electron chi connectivity index (χ3n) is 1.95. The molecule has 0 aliphatic carbocycles. The number of hydrogen-bond acceptors (Lipinski definition) is 3. The number of nitrogens with zero attached hydrogens (tertiary/aromatic N) is 1. The van der Waals surface area contributed by atoms with Crippen molar-refractivity contribution in [3.63, 3.8) is 0 Å². The second-order valence-corrected chi connectivity index (χ2v) is 5.33. The summed E-state index contributed by atoms with van der Waals surface area (Å²) in [6.45, 7) is 3.57. The predicted molar refractivity (Wildman–Crippen MR) is 60.9 cm³/mol. The molecule has 1 nitrogen and oxygen atoms in total. The van der Waals surface area contributed by atoms with E-state index in [0.29, 0.717) is 0 Å². The molecule has 0 aromatic heterocycles. The topological polar surface area (TPSA) is 3.24 Å². The molecule has 0 N–H and O–H groups in total. The van der Waals surface area contributed by atoms with Gasteiger partial charge in [0.1, 0.15) is 0 Å². The van der Waals surface area contributed by atoms with Gasteiger partial charge in [-0.2, -0.15) is 0 Å². The highest BCUT2D eigenvalue weighted by Crippen LogP contribution is 2.16. The van der Waals surface area contributed by atoms with Crippen molar-refractivity contribution in [1.29, 1.82) is 0 Å². The van der Waals surface area contributed by atoms with Gasteiger partial charge in [-0.3, -0.25) is 4.90 Å². The first kappa shape index (κ1) is 10.7. The van der Waals surface area contributed by atoms with Gasteiger partial charge in [-0.1, -0.05) is 13.3 Å². The maximum Gasteiger partial charge on any atom is 0.0452 e. The van der Waals surface area contributed by atoms with E-state index in [1.54, 1.807) is 0 Å². The lowest BCUT2D eigenvalue weighted by molar-refractivity contribution is 0.368. The lowest BCUT2D eigenvalue weighted by atomic mass is 10.3. The third kappa shape index (κ3) is 4.63. The summed E-state index contributed by atoms with van der Waals surface area (Å²) in [6.07, 6.45) is 4.09. The molecule has 12 heavy (non-hydrogen) atoms. The molecule has 1 rings (SSSR count). The van der Waals surface area contributed by atoms with Crippen molar-refractivity contribution in [2.24, 2.45) is 0 Å². The van der Waals surface area contributed by atoms with Crippen molar-refractivity contribution in [3.05, 3.63) is 0 Å². The van der Waals surface area contributed by atoms with Crippen LogP contribution in [0.15, 0.2) is 0 Å². The first-order chi connectivity index (χ1) is 5.93. The Hall–Kier alpha value is 0.660. The van der Waals surface area contributed by atoms with Crippen molar-refractivity contribution in [3.8, 4) is 0 Å². The van der Waals surface area contributed by atoms with Crippen molar-refractivity contribution >= 4 is 23.5 Å². The van der Waals surface area contributed by atoms with Crippen molar-refractivity contribution in [1.82, 2.24) is 4.90 Å². The highest BCUT2D eigenvalue weighted by Gasteiger charge is 2.06. The average Bonchev–Trinajstić information content (AvgIpc) is 2.02. The third-order valence-corrected chi connectivity index (χ3v) is 4.20. The van der Waals surface area contributed by atoms with Crippen LogP contribution in [0.3, 0.4) is 0 Å². The molecule has 72 valence electrons. The number of rotatable bonds is 3. The molecule has 1 saturated heterocycles. The molecule has 1 aliphatic rings. The molecule has 1 aliphatic heterocycles. The monoisotopic (exact) mass is 205 g/mol. The largest absolute Gasteiger partial charge is 0.285 e. The minimum atomic E-state index is 1.26. The number of hydrogen-bond donors (Lipinski definition) is 0. The molecular formula is C9H19NS2. The van der Waals surface area contributed by atoms with E-state index in [2.05, 4.69) is 35.3 Å². The molecule has 0 unspecified atom stereocenters. The molecule has 0 aromatic carbocycles. The maximum absolute atomic E-state index is 2.58. The van der Waals surface area contributed by atoms with E-state index in [-0.39, 0.29) is 0 Å².